The van der Waals surface area contributed by atoms with E-state index in [9.17, 15) is 0 Å². The minimum absolute atomic E-state index is 0.101. The van der Waals surface area contributed by atoms with Gasteiger partial charge in [-0.25, -0.2) is 0 Å². The van der Waals surface area contributed by atoms with Gasteiger partial charge in [-0.15, -0.1) is 0 Å². The van der Waals surface area contributed by atoms with Crippen molar-refractivity contribution >= 4 is 0 Å². The third-order valence-electron chi connectivity index (χ3n) is 3.69. The molecule has 0 radical (unpaired) electrons. The Labute approximate surface area is 94.0 Å². The van der Waals surface area contributed by atoms with Gasteiger partial charge in [0.05, 0.1) is 12.1 Å². The second-order valence-electron chi connectivity index (χ2n) is 4.79. The summed E-state index contributed by atoms with van der Waals surface area (Å²) in [5.74, 6) is 0.754. The number of hydrogen-bond acceptors (Lipinski definition) is 3. The zero-order valence-corrected chi connectivity index (χ0v) is 10.5. The van der Waals surface area contributed by atoms with Crippen LogP contribution in [0.4, 0.5) is 0 Å². The van der Waals surface area contributed by atoms with E-state index in [1.165, 1.54) is 25.7 Å². The number of nitrogens with zero attached hydrogens (tertiary/aromatic N) is 1. The van der Waals surface area contributed by atoms with Crippen LogP contribution in [0.15, 0.2) is 0 Å². The smallest absolute Gasteiger partial charge is 0.0661 e. The fraction of sp³-hybridized carbons (Fsp3) is 1.00. The lowest BCUT2D eigenvalue weighted by molar-refractivity contribution is 0.0144. The number of unbranched alkanes of at least 4 members (excludes halogenated alkanes) is 1. The summed E-state index contributed by atoms with van der Waals surface area (Å²) in [5.41, 5.74) is 6.09. The van der Waals surface area contributed by atoms with Crippen LogP contribution in [0.5, 0.6) is 0 Å². The van der Waals surface area contributed by atoms with E-state index in [4.69, 9.17) is 10.5 Å². The molecular weight excluding hydrogens is 188 g/mol. The van der Waals surface area contributed by atoms with E-state index in [0.717, 1.165) is 19.1 Å². The van der Waals surface area contributed by atoms with Crippen molar-refractivity contribution in [3.05, 3.63) is 0 Å². The Morgan fingerprint density at radius 3 is 2.53 bits per heavy atom. The van der Waals surface area contributed by atoms with Crippen LogP contribution in [-0.4, -0.2) is 44.3 Å². The molecule has 1 saturated carbocycles. The first-order chi connectivity index (χ1) is 7.21. The molecule has 0 aromatic rings. The largest absolute Gasteiger partial charge is 0.383 e. The first-order valence-corrected chi connectivity index (χ1v) is 6.11. The number of hydrogen-bond donors (Lipinski definition) is 1. The normalized spacial score (nSPS) is 20.6. The average molecular weight is 214 g/mol. The van der Waals surface area contributed by atoms with Crippen molar-refractivity contribution in [3.63, 3.8) is 0 Å². The van der Waals surface area contributed by atoms with Crippen molar-refractivity contribution in [1.82, 2.24) is 4.90 Å². The molecule has 0 bridgehead atoms. The van der Waals surface area contributed by atoms with Gasteiger partial charge < -0.3 is 10.5 Å². The fourth-order valence-electron chi connectivity index (χ4n) is 2.41. The van der Waals surface area contributed by atoms with E-state index in [2.05, 4.69) is 18.9 Å². The molecule has 2 N–H and O–H groups in total. The highest BCUT2D eigenvalue weighted by atomic mass is 16.5. The van der Waals surface area contributed by atoms with E-state index < -0.39 is 0 Å². The Morgan fingerprint density at radius 2 is 2.13 bits per heavy atom. The molecule has 1 aliphatic carbocycles. The van der Waals surface area contributed by atoms with Gasteiger partial charge in [-0.3, -0.25) is 4.90 Å². The van der Waals surface area contributed by atoms with Gasteiger partial charge in [0.15, 0.2) is 0 Å². The molecule has 3 nitrogen and oxygen atoms in total. The Morgan fingerprint density at radius 1 is 1.47 bits per heavy atom. The molecule has 1 rings (SSSR count). The number of rotatable bonds is 8. The predicted molar refractivity (Wildman–Crippen MR) is 63.9 cm³/mol. The van der Waals surface area contributed by atoms with Crippen LogP contribution in [0, 0.1) is 5.92 Å². The third kappa shape index (κ3) is 2.92. The predicted octanol–water partition coefficient (Wildman–Crippen LogP) is 1.47. The maximum atomic E-state index is 5.99. The quantitative estimate of drug-likeness (QED) is 0.665. The lowest BCUT2D eigenvalue weighted by Crippen LogP contribution is -2.57. The molecule has 0 aliphatic heterocycles. The molecule has 0 saturated heterocycles. The summed E-state index contributed by atoms with van der Waals surface area (Å²) in [4.78, 5) is 2.43. The number of nitrogens with two attached hydrogens (primary N) is 1. The summed E-state index contributed by atoms with van der Waals surface area (Å²) in [6.07, 6.45) is 5.12. The summed E-state index contributed by atoms with van der Waals surface area (Å²) in [5, 5.41) is 0. The van der Waals surface area contributed by atoms with Gasteiger partial charge in [0.1, 0.15) is 0 Å². The summed E-state index contributed by atoms with van der Waals surface area (Å²) in [6.45, 7) is 4.85. The molecule has 1 atom stereocenters. The van der Waals surface area contributed by atoms with E-state index in [1.54, 1.807) is 7.11 Å². The maximum Gasteiger partial charge on any atom is 0.0661 e. The molecule has 0 amide bonds. The lowest BCUT2D eigenvalue weighted by atomic mass is 9.92. The topological polar surface area (TPSA) is 38.5 Å². The van der Waals surface area contributed by atoms with Crippen LogP contribution in [0.3, 0.4) is 0 Å². The highest BCUT2D eigenvalue weighted by Gasteiger charge is 2.46. The van der Waals surface area contributed by atoms with Crippen LogP contribution in [0.25, 0.3) is 0 Å². The molecule has 0 aromatic heterocycles. The van der Waals surface area contributed by atoms with E-state index in [-0.39, 0.29) is 5.54 Å². The summed E-state index contributed by atoms with van der Waals surface area (Å²) in [7, 11) is 3.97. The molecule has 0 heterocycles. The van der Waals surface area contributed by atoms with Crippen molar-refractivity contribution < 1.29 is 4.74 Å². The van der Waals surface area contributed by atoms with Crippen LogP contribution in [0.2, 0.25) is 0 Å². The third-order valence-corrected chi connectivity index (χ3v) is 3.69. The van der Waals surface area contributed by atoms with Gasteiger partial charge in [-0.1, -0.05) is 13.3 Å². The second-order valence-corrected chi connectivity index (χ2v) is 4.79. The van der Waals surface area contributed by atoms with Crippen LogP contribution < -0.4 is 5.73 Å². The second kappa shape index (κ2) is 5.83. The van der Waals surface area contributed by atoms with Crippen molar-refractivity contribution in [2.24, 2.45) is 11.7 Å². The molecule has 0 aromatic carbocycles. The summed E-state index contributed by atoms with van der Waals surface area (Å²) >= 11 is 0. The van der Waals surface area contributed by atoms with Crippen molar-refractivity contribution in [1.29, 1.82) is 0 Å². The van der Waals surface area contributed by atoms with Crippen LogP contribution >= 0.6 is 0 Å². The van der Waals surface area contributed by atoms with Gasteiger partial charge in [0.25, 0.3) is 0 Å². The average Bonchev–Trinajstić information content (AvgIpc) is 3.06. The van der Waals surface area contributed by atoms with Crippen LogP contribution in [-0.2, 0) is 4.74 Å². The number of ether oxygens (including phenoxy) is 1. The Bertz CT molecular complexity index is 182. The SMILES string of the molecule is CCCCN(C)C(CN)(COC)C1CC1. The van der Waals surface area contributed by atoms with Gasteiger partial charge in [0.2, 0.25) is 0 Å². The van der Waals surface area contributed by atoms with Gasteiger partial charge in [0, 0.05) is 13.7 Å². The molecule has 15 heavy (non-hydrogen) atoms. The highest BCUT2D eigenvalue weighted by Crippen LogP contribution is 2.42. The zero-order valence-electron chi connectivity index (χ0n) is 10.5. The van der Waals surface area contributed by atoms with Gasteiger partial charge in [-0.2, -0.15) is 0 Å². The number of likely N-dealkylation sites (N-methyl/N-ethyl adjacent to an activating group) is 1. The van der Waals surface area contributed by atoms with Crippen molar-refractivity contribution in [3.8, 4) is 0 Å². The van der Waals surface area contributed by atoms with Crippen molar-refractivity contribution in [2.75, 3.05) is 33.9 Å². The molecule has 0 spiro atoms. The minimum atomic E-state index is 0.101. The molecule has 1 aliphatic rings. The molecular formula is C12H26N2O. The molecule has 1 fully saturated rings. The summed E-state index contributed by atoms with van der Waals surface area (Å²) in [6, 6.07) is 0. The minimum Gasteiger partial charge on any atom is -0.383 e. The number of methoxy groups -OCH3 is 1. The first-order valence-electron chi connectivity index (χ1n) is 6.11. The Hall–Kier alpha value is -0.120. The van der Waals surface area contributed by atoms with Gasteiger partial charge in [-0.05, 0) is 38.8 Å². The lowest BCUT2D eigenvalue weighted by Gasteiger charge is -2.41. The molecule has 3 heteroatoms. The van der Waals surface area contributed by atoms with E-state index in [1.807, 2.05) is 0 Å². The molecule has 90 valence electrons. The Balaban J connectivity index is 2.59. The van der Waals surface area contributed by atoms with E-state index >= 15 is 0 Å². The standard InChI is InChI=1S/C12H26N2O/c1-4-5-8-14(2)12(9-13,10-15-3)11-6-7-11/h11H,4-10,13H2,1-3H3. The maximum absolute atomic E-state index is 5.99. The summed E-state index contributed by atoms with van der Waals surface area (Å²) < 4.78 is 5.38. The monoisotopic (exact) mass is 214 g/mol. The Kier molecular flexibility index (Phi) is 5.03. The highest BCUT2D eigenvalue weighted by molar-refractivity contribution is 5.02. The van der Waals surface area contributed by atoms with Crippen LogP contribution in [0.1, 0.15) is 32.6 Å². The van der Waals surface area contributed by atoms with E-state index in [0.29, 0.717) is 6.54 Å². The van der Waals surface area contributed by atoms with Gasteiger partial charge >= 0.3 is 0 Å². The zero-order chi connectivity index (χ0) is 11.3. The fourth-order valence-corrected chi connectivity index (χ4v) is 2.41. The first kappa shape index (κ1) is 12.9. The molecule has 1 unspecified atom stereocenters. The van der Waals surface area contributed by atoms with Crippen molar-refractivity contribution in [2.45, 2.75) is 38.1 Å².